The lowest BCUT2D eigenvalue weighted by Gasteiger charge is -2.37. The fourth-order valence-corrected chi connectivity index (χ4v) is 4.27. The zero-order valence-electron chi connectivity index (χ0n) is 19.5. The molecule has 1 amide bonds. The molecule has 2 aromatic heterocycles. The number of carbonyl (C=O) groups is 1. The van der Waals surface area contributed by atoms with Crippen LogP contribution in [0.15, 0.2) is 48.9 Å². The molecule has 1 atom stereocenters. The van der Waals surface area contributed by atoms with Crippen molar-refractivity contribution in [2.24, 2.45) is 0 Å². The minimum atomic E-state index is -0.203. The minimum Gasteiger partial charge on any atom is -0.496 e. The van der Waals surface area contributed by atoms with Crippen LogP contribution in [0.3, 0.4) is 0 Å². The number of benzene rings is 1. The number of piperidine rings is 1. The van der Waals surface area contributed by atoms with Gasteiger partial charge in [0.1, 0.15) is 17.1 Å². The topological polar surface area (TPSA) is 80.7 Å². The molecule has 3 aromatic rings. The van der Waals surface area contributed by atoms with Crippen LogP contribution in [-0.4, -0.2) is 60.6 Å². The molecule has 0 unspecified atom stereocenters. The highest BCUT2D eigenvalue weighted by molar-refractivity contribution is 6.00. The zero-order chi connectivity index (χ0) is 23.4. The first kappa shape index (κ1) is 22.5. The van der Waals surface area contributed by atoms with Crippen molar-refractivity contribution in [1.29, 1.82) is 0 Å². The first-order valence-corrected chi connectivity index (χ1v) is 11.0. The number of ether oxygens (including phenoxy) is 2. The van der Waals surface area contributed by atoms with E-state index in [0.717, 1.165) is 36.1 Å². The molecule has 1 aliphatic heterocycles. The van der Waals surface area contributed by atoms with Crippen molar-refractivity contribution in [1.82, 2.24) is 19.9 Å². The van der Waals surface area contributed by atoms with E-state index in [2.05, 4.69) is 9.97 Å². The average Bonchev–Trinajstić information content (AvgIpc) is 2.87. The lowest BCUT2D eigenvalue weighted by Crippen LogP contribution is -2.39. The summed E-state index contributed by atoms with van der Waals surface area (Å²) in [4.78, 5) is 31.3. The second kappa shape index (κ2) is 9.85. The molecule has 0 saturated carbocycles. The quantitative estimate of drug-likeness (QED) is 0.565. The van der Waals surface area contributed by atoms with E-state index in [0.29, 0.717) is 29.6 Å². The third kappa shape index (κ3) is 4.46. The molecule has 172 valence electrons. The van der Waals surface area contributed by atoms with Crippen molar-refractivity contribution < 1.29 is 14.3 Å². The average molecular weight is 448 g/mol. The van der Waals surface area contributed by atoms with Gasteiger partial charge in [-0.2, -0.15) is 0 Å². The summed E-state index contributed by atoms with van der Waals surface area (Å²) in [5.41, 5.74) is 3.14. The van der Waals surface area contributed by atoms with Crippen molar-refractivity contribution in [3.63, 3.8) is 0 Å². The largest absolute Gasteiger partial charge is 0.496 e. The van der Waals surface area contributed by atoms with Gasteiger partial charge in [-0.05, 0) is 49.1 Å². The van der Waals surface area contributed by atoms with Crippen LogP contribution >= 0.6 is 0 Å². The summed E-state index contributed by atoms with van der Waals surface area (Å²) in [6.07, 6.45) is 8.09. The highest BCUT2D eigenvalue weighted by atomic mass is 16.5. The van der Waals surface area contributed by atoms with Crippen LogP contribution in [0.2, 0.25) is 0 Å². The van der Waals surface area contributed by atoms with E-state index in [4.69, 9.17) is 14.5 Å². The summed E-state index contributed by atoms with van der Waals surface area (Å²) < 4.78 is 11.0. The molecule has 4 rings (SSSR count). The second-order valence-corrected chi connectivity index (χ2v) is 8.15. The Hall–Kier alpha value is -3.68. The van der Waals surface area contributed by atoms with Crippen molar-refractivity contribution in [3.05, 3.63) is 60.2 Å². The maximum atomic E-state index is 13.9. The number of anilines is 1. The van der Waals surface area contributed by atoms with Crippen molar-refractivity contribution in [2.75, 3.05) is 39.8 Å². The van der Waals surface area contributed by atoms with E-state index in [1.165, 1.54) is 0 Å². The summed E-state index contributed by atoms with van der Waals surface area (Å²) in [5.74, 6) is 1.47. The third-order valence-corrected chi connectivity index (χ3v) is 5.92. The molecule has 33 heavy (non-hydrogen) atoms. The molecule has 0 radical (unpaired) electrons. The SMILES string of the molecule is COc1cccc(OC)c1C(=O)N1CCCC[C@@H]1c1nc(N(C)C)ncc1-c1ccncc1. The first-order chi connectivity index (χ1) is 16.0. The number of methoxy groups -OCH3 is 2. The van der Waals surface area contributed by atoms with Gasteiger partial charge in [0.05, 0.1) is 26.0 Å². The Kier molecular flexibility index (Phi) is 6.72. The monoisotopic (exact) mass is 447 g/mol. The molecular formula is C25H29N5O3. The summed E-state index contributed by atoms with van der Waals surface area (Å²) in [5, 5.41) is 0. The van der Waals surface area contributed by atoms with Gasteiger partial charge in [-0.1, -0.05) is 6.07 Å². The molecule has 0 spiro atoms. The van der Waals surface area contributed by atoms with E-state index in [9.17, 15) is 4.79 Å². The molecule has 1 saturated heterocycles. The van der Waals surface area contributed by atoms with E-state index in [-0.39, 0.29) is 11.9 Å². The van der Waals surface area contributed by atoms with Crippen LogP contribution in [0.5, 0.6) is 11.5 Å². The number of hydrogen-bond acceptors (Lipinski definition) is 7. The number of pyridine rings is 1. The minimum absolute atomic E-state index is 0.125. The Balaban J connectivity index is 1.83. The van der Waals surface area contributed by atoms with Gasteiger partial charge >= 0.3 is 0 Å². The van der Waals surface area contributed by atoms with Crippen LogP contribution in [0.1, 0.15) is 41.4 Å². The summed E-state index contributed by atoms with van der Waals surface area (Å²) in [6, 6.07) is 9.06. The van der Waals surface area contributed by atoms with Crippen molar-refractivity contribution in [3.8, 4) is 22.6 Å². The lowest BCUT2D eigenvalue weighted by atomic mass is 9.93. The van der Waals surface area contributed by atoms with Gasteiger partial charge in [0.25, 0.3) is 5.91 Å². The molecule has 8 heteroatoms. The van der Waals surface area contributed by atoms with Gasteiger partial charge in [-0.25, -0.2) is 9.97 Å². The Morgan fingerprint density at radius 2 is 1.76 bits per heavy atom. The second-order valence-electron chi connectivity index (χ2n) is 8.15. The lowest BCUT2D eigenvalue weighted by molar-refractivity contribution is 0.0600. The van der Waals surface area contributed by atoms with Gasteiger partial charge < -0.3 is 19.3 Å². The van der Waals surface area contributed by atoms with Crippen LogP contribution in [0.4, 0.5) is 5.95 Å². The number of carbonyl (C=O) groups excluding carboxylic acids is 1. The number of aromatic nitrogens is 3. The Morgan fingerprint density at radius 1 is 1.06 bits per heavy atom. The molecule has 8 nitrogen and oxygen atoms in total. The molecule has 1 aromatic carbocycles. The van der Waals surface area contributed by atoms with Crippen molar-refractivity contribution >= 4 is 11.9 Å². The fourth-order valence-electron chi connectivity index (χ4n) is 4.27. The summed E-state index contributed by atoms with van der Waals surface area (Å²) >= 11 is 0. The van der Waals surface area contributed by atoms with Crippen LogP contribution in [0.25, 0.3) is 11.1 Å². The standard InChI is InChI=1S/C25H29N5O3/c1-29(2)25-27-16-18(17-11-13-26-14-12-17)23(28-25)19-8-5-6-15-30(19)24(31)22-20(32-3)9-7-10-21(22)33-4/h7,9-14,16,19H,5-6,8,15H2,1-4H3/t19-/m1/s1. The first-order valence-electron chi connectivity index (χ1n) is 11.0. The van der Waals surface area contributed by atoms with Crippen molar-refractivity contribution in [2.45, 2.75) is 25.3 Å². The Morgan fingerprint density at radius 3 is 2.39 bits per heavy atom. The van der Waals surface area contributed by atoms with Gasteiger partial charge in [0, 0.05) is 44.8 Å². The molecule has 1 fully saturated rings. The van der Waals surface area contributed by atoms with E-state index < -0.39 is 0 Å². The number of amides is 1. The third-order valence-electron chi connectivity index (χ3n) is 5.92. The molecule has 0 N–H and O–H groups in total. The van der Waals surface area contributed by atoms with Gasteiger partial charge in [-0.15, -0.1) is 0 Å². The predicted molar refractivity (Wildman–Crippen MR) is 127 cm³/mol. The van der Waals surface area contributed by atoms with Gasteiger partial charge in [0.2, 0.25) is 5.95 Å². The molecule has 0 bridgehead atoms. The van der Waals surface area contributed by atoms with Gasteiger partial charge in [-0.3, -0.25) is 9.78 Å². The predicted octanol–water partition coefficient (Wildman–Crippen LogP) is 3.99. The molecule has 1 aliphatic rings. The number of nitrogens with zero attached hydrogens (tertiary/aromatic N) is 5. The Bertz CT molecular complexity index is 1100. The summed E-state index contributed by atoms with van der Waals surface area (Å²) in [6.45, 7) is 0.627. The number of rotatable bonds is 6. The molecular weight excluding hydrogens is 418 g/mol. The maximum Gasteiger partial charge on any atom is 0.261 e. The van der Waals surface area contributed by atoms with E-state index in [1.54, 1.807) is 38.7 Å². The van der Waals surface area contributed by atoms with Crippen LogP contribution in [0, 0.1) is 0 Å². The highest BCUT2D eigenvalue weighted by Crippen LogP contribution is 2.39. The molecule has 0 aliphatic carbocycles. The number of hydrogen-bond donors (Lipinski definition) is 0. The Labute approximate surface area is 194 Å². The molecule has 3 heterocycles. The smallest absolute Gasteiger partial charge is 0.261 e. The number of likely N-dealkylation sites (tertiary alicyclic amines) is 1. The normalized spacial score (nSPS) is 15.8. The van der Waals surface area contributed by atoms with Crippen LogP contribution < -0.4 is 14.4 Å². The summed E-state index contributed by atoms with van der Waals surface area (Å²) in [7, 11) is 6.95. The zero-order valence-corrected chi connectivity index (χ0v) is 19.5. The maximum absolute atomic E-state index is 13.9. The van der Waals surface area contributed by atoms with E-state index in [1.807, 2.05) is 48.3 Å². The van der Waals surface area contributed by atoms with E-state index >= 15 is 0 Å². The van der Waals surface area contributed by atoms with Gasteiger partial charge in [0.15, 0.2) is 0 Å². The fraction of sp³-hybridized carbons (Fsp3) is 0.360. The van der Waals surface area contributed by atoms with Crippen LogP contribution in [-0.2, 0) is 0 Å². The highest BCUT2D eigenvalue weighted by Gasteiger charge is 2.34.